The predicted octanol–water partition coefficient (Wildman–Crippen LogP) is 1.82. The van der Waals surface area contributed by atoms with E-state index in [4.69, 9.17) is 0 Å². The van der Waals surface area contributed by atoms with Gasteiger partial charge in [0.1, 0.15) is 5.01 Å². The Balaban J connectivity index is 1.52. The molecule has 2 aromatic heterocycles. The third-order valence-electron chi connectivity index (χ3n) is 4.88. The second-order valence-electron chi connectivity index (χ2n) is 6.78. The monoisotopic (exact) mass is 397 g/mol. The molecule has 28 heavy (non-hydrogen) atoms. The van der Waals surface area contributed by atoms with Crippen molar-refractivity contribution in [1.82, 2.24) is 25.0 Å². The number of hydrogen-bond donors (Lipinski definition) is 2. The number of nitrogens with one attached hydrogen (secondary N) is 1. The highest BCUT2D eigenvalue weighted by atomic mass is 32.1. The molecular formula is C20H23N5O2S. The number of aliphatic hydroxyl groups is 1. The van der Waals surface area contributed by atoms with Crippen LogP contribution in [-0.2, 0) is 32.6 Å². The van der Waals surface area contributed by atoms with Crippen molar-refractivity contribution in [3.8, 4) is 0 Å². The smallest absolute Gasteiger partial charge is 0.272 e. The number of fused-ring (bicyclic) bond motifs is 1. The average Bonchev–Trinajstić information content (AvgIpc) is 3.35. The predicted molar refractivity (Wildman–Crippen MR) is 107 cm³/mol. The van der Waals surface area contributed by atoms with E-state index >= 15 is 0 Å². The molecule has 0 bridgehead atoms. The van der Waals surface area contributed by atoms with Gasteiger partial charge in [-0.1, -0.05) is 30.3 Å². The fraction of sp³-hybridized carbons (Fsp3) is 0.350. The van der Waals surface area contributed by atoms with Gasteiger partial charge in [-0.15, -0.1) is 11.3 Å². The third-order valence-corrected chi connectivity index (χ3v) is 5.64. The van der Waals surface area contributed by atoms with Crippen molar-refractivity contribution in [3.63, 3.8) is 0 Å². The molecule has 0 saturated heterocycles. The van der Waals surface area contributed by atoms with Crippen molar-refractivity contribution in [2.75, 3.05) is 13.2 Å². The first-order chi connectivity index (χ1) is 13.7. The molecule has 1 aromatic carbocycles. The lowest BCUT2D eigenvalue weighted by Crippen LogP contribution is -2.32. The van der Waals surface area contributed by atoms with Crippen molar-refractivity contribution >= 4 is 17.2 Å². The van der Waals surface area contributed by atoms with E-state index in [1.54, 1.807) is 16.0 Å². The first-order valence-electron chi connectivity index (χ1n) is 9.37. The van der Waals surface area contributed by atoms with Crippen LogP contribution in [0.2, 0.25) is 0 Å². The number of amides is 1. The van der Waals surface area contributed by atoms with Crippen LogP contribution in [0.25, 0.3) is 0 Å². The lowest BCUT2D eigenvalue weighted by Gasteiger charge is -2.26. The van der Waals surface area contributed by atoms with E-state index in [0.717, 1.165) is 41.3 Å². The topological polar surface area (TPSA) is 83.3 Å². The molecule has 3 aromatic rings. The summed E-state index contributed by atoms with van der Waals surface area (Å²) in [6.07, 6.45) is 2.62. The second-order valence-corrected chi connectivity index (χ2v) is 7.75. The van der Waals surface area contributed by atoms with Crippen molar-refractivity contribution < 1.29 is 9.90 Å². The van der Waals surface area contributed by atoms with Crippen LogP contribution in [0.15, 0.2) is 41.9 Å². The van der Waals surface area contributed by atoms with Crippen LogP contribution in [0.3, 0.4) is 0 Å². The van der Waals surface area contributed by atoms with Crippen molar-refractivity contribution in [3.05, 3.63) is 69.4 Å². The molecule has 0 radical (unpaired) electrons. The first kappa shape index (κ1) is 18.8. The Morgan fingerprint density at radius 2 is 2.14 bits per heavy atom. The Bertz CT molecular complexity index is 924. The number of rotatable bonds is 7. The Morgan fingerprint density at radius 3 is 2.89 bits per heavy atom. The zero-order valence-electron chi connectivity index (χ0n) is 15.5. The zero-order valence-corrected chi connectivity index (χ0v) is 16.4. The lowest BCUT2D eigenvalue weighted by molar-refractivity contribution is 0.0942. The Hall–Kier alpha value is -2.55. The van der Waals surface area contributed by atoms with Crippen molar-refractivity contribution in [2.45, 2.75) is 32.6 Å². The number of nitrogens with zero attached hydrogens (tertiary/aromatic N) is 4. The molecule has 0 aliphatic carbocycles. The highest BCUT2D eigenvalue weighted by molar-refractivity contribution is 7.09. The van der Waals surface area contributed by atoms with Gasteiger partial charge >= 0.3 is 0 Å². The summed E-state index contributed by atoms with van der Waals surface area (Å²) < 4.78 is 1.79. The number of aromatic nitrogens is 3. The number of benzene rings is 1. The van der Waals surface area contributed by atoms with E-state index < -0.39 is 0 Å². The van der Waals surface area contributed by atoms with Gasteiger partial charge in [0.2, 0.25) is 0 Å². The largest absolute Gasteiger partial charge is 0.394 e. The molecule has 4 rings (SSSR count). The fourth-order valence-corrected chi connectivity index (χ4v) is 4.19. The van der Waals surface area contributed by atoms with Crippen LogP contribution in [-0.4, -0.2) is 43.8 Å². The minimum Gasteiger partial charge on any atom is -0.394 e. The molecular weight excluding hydrogens is 374 g/mol. The molecule has 3 heterocycles. The van der Waals surface area contributed by atoms with E-state index in [0.29, 0.717) is 25.3 Å². The van der Waals surface area contributed by atoms with Crippen LogP contribution in [0.5, 0.6) is 0 Å². The molecule has 0 unspecified atom stereocenters. The molecule has 1 aliphatic heterocycles. The molecule has 0 fully saturated rings. The Labute approximate surface area is 167 Å². The molecule has 7 nitrogen and oxygen atoms in total. The molecule has 8 heteroatoms. The van der Waals surface area contributed by atoms with Gasteiger partial charge in [0.15, 0.2) is 5.69 Å². The van der Waals surface area contributed by atoms with E-state index in [-0.39, 0.29) is 12.5 Å². The normalized spacial score (nSPS) is 14.0. The maximum Gasteiger partial charge on any atom is 0.272 e. The van der Waals surface area contributed by atoms with Gasteiger partial charge in [0.25, 0.3) is 5.91 Å². The number of carbonyl (C=O) groups excluding carboxylic acids is 1. The molecule has 1 amide bonds. The molecule has 0 spiro atoms. The van der Waals surface area contributed by atoms with Gasteiger partial charge < -0.3 is 10.4 Å². The quantitative estimate of drug-likeness (QED) is 0.635. The lowest BCUT2D eigenvalue weighted by atomic mass is 10.0. The summed E-state index contributed by atoms with van der Waals surface area (Å²) in [6, 6.07) is 9.83. The maximum atomic E-state index is 12.9. The van der Waals surface area contributed by atoms with Crippen molar-refractivity contribution in [2.24, 2.45) is 0 Å². The van der Waals surface area contributed by atoms with E-state index in [2.05, 4.69) is 20.3 Å². The summed E-state index contributed by atoms with van der Waals surface area (Å²) in [5.41, 5.74) is 3.52. The van der Waals surface area contributed by atoms with Gasteiger partial charge in [0, 0.05) is 48.9 Å². The maximum absolute atomic E-state index is 12.9. The number of aliphatic hydroxyl groups excluding tert-OH is 1. The summed E-state index contributed by atoms with van der Waals surface area (Å²) in [5, 5.41) is 19.9. The summed E-state index contributed by atoms with van der Waals surface area (Å²) in [4.78, 5) is 19.5. The van der Waals surface area contributed by atoms with Crippen LogP contribution < -0.4 is 5.32 Å². The minimum absolute atomic E-state index is 0.00201. The molecule has 0 atom stereocenters. The van der Waals surface area contributed by atoms with Gasteiger partial charge in [0.05, 0.1) is 19.7 Å². The van der Waals surface area contributed by atoms with E-state index in [1.165, 1.54) is 0 Å². The summed E-state index contributed by atoms with van der Waals surface area (Å²) in [6.45, 7) is 3.18. The number of hydrogen-bond acceptors (Lipinski definition) is 6. The van der Waals surface area contributed by atoms with Gasteiger partial charge in [-0.25, -0.2) is 4.98 Å². The zero-order chi connectivity index (χ0) is 19.3. The fourth-order valence-electron chi connectivity index (χ4n) is 3.53. The molecule has 146 valence electrons. The summed E-state index contributed by atoms with van der Waals surface area (Å²) in [5.74, 6) is -0.173. The average molecular weight is 398 g/mol. The van der Waals surface area contributed by atoms with Crippen LogP contribution in [0.1, 0.15) is 32.3 Å². The van der Waals surface area contributed by atoms with Gasteiger partial charge in [-0.2, -0.15) is 5.10 Å². The SMILES string of the molecule is O=C(NCc1ccccc1)c1nn(CCO)c2c1CN(Cc1nccs1)CC2. The Kier molecular flexibility index (Phi) is 5.80. The van der Waals surface area contributed by atoms with E-state index in [1.807, 2.05) is 41.9 Å². The number of carbonyl (C=O) groups is 1. The molecule has 2 N–H and O–H groups in total. The van der Waals surface area contributed by atoms with Gasteiger partial charge in [-0.05, 0) is 5.56 Å². The summed E-state index contributed by atoms with van der Waals surface area (Å²) >= 11 is 1.64. The van der Waals surface area contributed by atoms with Gasteiger partial charge in [-0.3, -0.25) is 14.4 Å². The summed E-state index contributed by atoms with van der Waals surface area (Å²) in [7, 11) is 0. The van der Waals surface area contributed by atoms with Crippen LogP contribution in [0.4, 0.5) is 0 Å². The second kappa shape index (κ2) is 8.64. The van der Waals surface area contributed by atoms with Crippen molar-refractivity contribution in [1.29, 1.82) is 0 Å². The minimum atomic E-state index is -0.173. The van der Waals surface area contributed by atoms with E-state index in [9.17, 15) is 9.90 Å². The highest BCUT2D eigenvalue weighted by Crippen LogP contribution is 2.24. The standard InChI is InChI=1S/C20H23N5O2S/c26-10-9-25-17-6-8-24(14-18-21-7-11-28-18)13-16(17)19(23-25)20(27)22-12-15-4-2-1-3-5-15/h1-5,7,11,26H,6,8-10,12-14H2,(H,22,27). The van der Waals surface area contributed by atoms with Crippen LogP contribution >= 0.6 is 11.3 Å². The third kappa shape index (κ3) is 4.14. The molecule has 0 saturated carbocycles. The Morgan fingerprint density at radius 1 is 1.29 bits per heavy atom. The number of thiazole rings is 1. The first-order valence-corrected chi connectivity index (χ1v) is 10.2. The van der Waals surface area contributed by atoms with Crippen LogP contribution in [0, 0.1) is 0 Å². The molecule has 1 aliphatic rings. The highest BCUT2D eigenvalue weighted by Gasteiger charge is 2.28.